The van der Waals surface area contributed by atoms with Crippen molar-refractivity contribution in [1.29, 1.82) is 0 Å². The summed E-state index contributed by atoms with van der Waals surface area (Å²) < 4.78 is 1.75. The summed E-state index contributed by atoms with van der Waals surface area (Å²) in [6.07, 6.45) is 3.58. The van der Waals surface area contributed by atoms with Gasteiger partial charge in [-0.05, 0) is 30.2 Å². The summed E-state index contributed by atoms with van der Waals surface area (Å²) in [5.41, 5.74) is 1.68. The lowest BCUT2D eigenvalue weighted by Crippen LogP contribution is -2.27. The third kappa shape index (κ3) is 3.44. The molecule has 5 heteroatoms. The third-order valence-electron chi connectivity index (χ3n) is 2.72. The average molecular weight is 322 g/mol. The van der Waals surface area contributed by atoms with Gasteiger partial charge >= 0.3 is 0 Å². The van der Waals surface area contributed by atoms with Crippen molar-refractivity contribution in [1.82, 2.24) is 9.78 Å². The Morgan fingerprint density at radius 3 is 2.79 bits per heavy atom. The van der Waals surface area contributed by atoms with E-state index in [0.29, 0.717) is 0 Å². The highest BCUT2D eigenvalue weighted by Crippen LogP contribution is 2.17. The minimum atomic E-state index is -0.194. The average Bonchev–Trinajstić information content (AvgIpc) is 2.91. The lowest BCUT2D eigenvalue weighted by molar-refractivity contribution is -0.116. The molecule has 100 valence electrons. The molecule has 0 aliphatic carbocycles. The summed E-state index contributed by atoms with van der Waals surface area (Å²) in [5, 5.41) is 7.06. The molecular weight excluding hydrogens is 306 g/mol. The summed E-state index contributed by atoms with van der Waals surface area (Å²) in [7, 11) is 0. The molecule has 0 bridgehead atoms. The number of amides is 1. The number of carbonyl (C=O) groups excluding carboxylic acids is 1. The Balaban J connectivity index is 2.14. The maximum atomic E-state index is 12.0. The second kappa shape index (κ2) is 6.02. The summed E-state index contributed by atoms with van der Waals surface area (Å²) in [4.78, 5) is 11.8. The second-order valence-corrected chi connectivity index (χ2v) is 5.62. The van der Waals surface area contributed by atoms with Crippen LogP contribution in [0.4, 0.5) is 5.69 Å². The van der Waals surface area contributed by atoms with Crippen LogP contribution in [0.25, 0.3) is 5.69 Å². The molecule has 0 aliphatic heterocycles. The molecule has 0 aliphatic rings. The Bertz CT molecular complexity index is 552. The van der Waals surface area contributed by atoms with E-state index in [0.717, 1.165) is 11.4 Å². The molecule has 0 radical (unpaired) electrons. The van der Waals surface area contributed by atoms with E-state index in [1.165, 1.54) is 0 Å². The van der Waals surface area contributed by atoms with Crippen LogP contribution in [-0.2, 0) is 4.79 Å². The molecule has 2 aromatic rings. The quantitative estimate of drug-likeness (QED) is 0.879. The van der Waals surface area contributed by atoms with Crippen LogP contribution in [0.3, 0.4) is 0 Å². The first-order valence-electron chi connectivity index (χ1n) is 6.13. The fraction of sp³-hybridized carbons (Fsp3) is 0.286. The molecule has 1 heterocycles. The zero-order valence-electron chi connectivity index (χ0n) is 10.9. The van der Waals surface area contributed by atoms with Crippen LogP contribution in [0.1, 0.15) is 13.8 Å². The van der Waals surface area contributed by atoms with Gasteiger partial charge in [0, 0.05) is 18.1 Å². The van der Waals surface area contributed by atoms with Gasteiger partial charge in [-0.1, -0.05) is 35.8 Å². The van der Waals surface area contributed by atoms with Gasteiger partial charge in [0.25, 0.3) is 0 Å². The van der Waals surface area contributed by atoms with Crippen LogP contribution < -0.4 is 5.32 Å². The predicted octanol–water partition coefficient (Wildman–Crippen LogP) is 3.23. The number of hydrogen-bond acceptors (Lipinski definition) is 2. The van der Waals surface area contributed by atoms with Gasteiger partial charge in [0.2, 0.25) is 5.91 Å². The molecule has 0 fully saturated rings. The van der Waals surface area contributed by atoms with Crippen molar-refractivity contribution >= 4 is 27.5 Å². The molecule has 1 aromatic heterocycles. The molecule has 0 spiro atoms. The van der Waals surface area contributed by atoms with Gasteiger partial charge < -0.3 is 5.32 Å². The Labute approximate surface area is 120 Å². The van der Waals surface area contributed by atoms with Crippen LogP contribution >= 0.6 is 15.9 Å². The lowest BCUT2D eigenvalue weighted by atomic mass is 10.1. The minimum Gasteiger partial charge on any atom is -0.325 e. The number of aromatic nitrogens is 2. The molecular formula is C14H16BrN3O. The number of benzene rings is 1. The van der Waals surface area contributed by atoms with E-state index in [1.807, 2.05) is 50.4 Å². The molecule has 0 saturated heterocycles. The first-order valence-corrected chi connectivity index (χ1v) is 7.04. The second-order valence-electron chi connectivity index (χ2n) is 4.64. The summed E-state index contributed by atoms with van der Waals surface area (Å²) in [6.45, 7) is 4.00. The van der Waals surface area contributed by atoms with E-state index in [4.69, 9.17) is 0 Å². The lowest BCUT2D eigenvalue weighted by Gasteiger charge is -2.14. The molecule has 1 N–H and O–H groups in total. The fourth-order valence-electron chi connectivity index (χ4n) is 1.66. The zero-order valence-corrected chi connectivity index (χ0v) is 12.5. The van der Waals surface area contributed by atoms with Gasteiger partial charge in [0.1, 0.15) is 0 Å². The van der Waals surface area contributed by atoms with Crippen LogP contribution in [0.15, 0.2) is 42.7 Å². The van der Waals surface area contributed by atoms with E-state index in [-0.39, 0.29) is 16.7 Å². The number of nitrogens with one attached hydrogen (secondary N) is 1. The van der Waals surface area contributed by atoms with Crippen molar-refractivity contribution in [2.75, 3.05) is 5.32 Å². The number of hydrogen-bond donors (Lipinski definition) is 1. The van der Waals surface area contributed by atoms with Crippen molar-refractivity contribution < 1.29 is 4.79 Å². The highest BCUT2D eigenvalue weighted by atomic mass is 79.9. The van der Waals surface area contributed by atoms with Gasteiger partial charge in [-0.2, -0.15) is 5.10 Å². The smallest absolute Gasteiger partial charge is 0.238 e. The van der Waals surface area contributed by atoms with E-state index in [1.54, 1.807) is 10.9 Å². The highest BCUT2D eigenvalue weighted by Gasteiger charge is 2.18. The normalized spacial score (nSPS) is 12.4. The van der Waals surface area contributed by atoms with Crippen molar-refractivity contribution in [2.45, 2.75) is 18.7 Å². The number of nitrogens with zero attached hydrogens (tertiary/aromatic N) is 2. The first kappa shape index (κ1) is 13.8. The van der Waals surface area contributed by atoms with Crippen molar-refractivity contribution in [3.8, 4) is 5.69 Å². The molecule has 1 atom stereocenters. The van der Waals surface area contributed by atoms with E-state index >= 15 is 0 Å². The number of alkyl halides is 1. The molecule has 1 unspecified atom stereocenters. The highest BCUT2D eigenvalue weighted by molar-refractivity contribution is 9.10. The van der Waals surface area contributed by atoms with Gasteiger partial charge in [-0.25, -0.2) is 4.68 Å². The van der Waals surface area contributed by atoms with Crippen molar-refractivity contribution in [2.24, 2.45) is 5.92 Å². The molecule has 0 saturated carbocycles. The standard InChI is InChI=1S/C14H16BrN3O/c1-10(2)13(15)14(19)17-11-5-3-6-12(9-11)18-8-4-7-16-18/h3-10,13H,1-2H3,(H,17,19). The van der Waals surface area contributed by atoms with Crippen LogP contribution in [0.5, 0.6) is 0 Å². The van der Waals surface area contributed by atoms with Crippen LogP contribution in [-0.4, -0.2) is 20.5 Å². The monoisotopic (exact) mass is 321 g/mol. The Morgan fingerprint density at radius 1 is 1.37 bits per heavy atom. The number of anilines is 1. The summed E-state index contributed by atoms with van der Waals surface area (Å²) >= 11 is 3.39. The zero-order chi connectivity index (χ0) is 13.8. The Hall–Kier alpha value is -1.62. The summed E-state index contributed by atoms with van der Waals surface area (Å²) in [5.74, 6) is 0.210. The van der Waals surface area contributed by atoms with Gasteiger partial charge in [0.05, 0.1) is 10.5 Å². The van der Waals surface area contributed by atoms with Crippen LogP contribution in [0, 0.1) is 5.92 Å². The van der Waals surface area contributed by atoms with E-state index in [9.17, 15) is 4.79 Å². The number of rotatable bonds is 4. The van der Waals surface area contributed by atoms with Crippen molar-refractivity contribution in [3.05, 3.63) is 42.7 Å². The topological polar surface area (TPSA) is 46.9 Å². The number of carbonyl (C=O) groups is 1. The maximum absolute atomic E-state index is 12.0. The van der Waals surface area contributed by atoms with E-state index in [2.05, 4.69) is 26.3 Å². The molecule has 1 amide bonds. The molecule has 4 nitrogen and oxygen atoms in total. The first-order chi connectivity index (χ1) is 9.08. The predicted molar refractivity (Wildman–Crippen MR) is 79.7 cm³/mol. The summed E-state index contributed by atoms with van der Waals surface area (Å²) in [6, 6.07) is 9.45. The SMILES string of the molecule is CC(C)C(Br)C(=O)Nc1cccc(-n2cccn2)c1. The van der Waals surface area contributed by atoms with Gasteiger partial charge in [-0.15, -0.1) is 0 Å². The van der Waals surface area contributed by atoms with Crippen molar-refractivity contribution in [3.63, 3.8) is 0 Å². The largest absolute Gasteiger partial charge is 0.325 e. The molecule has 2 rings (SSSR count). The minimum absolute atomic E-state index is 0.0346. The number of halogens is 1. The van der Waals surface area contributed by atoms with Crippen LogP contribution in [0.2, 0.25) is 0 Å². The third-order valence-corrected chi connectivity index (χ3v) is 4.19. The maximum Gasteiger partial charge on any atom is 0.238 e. The molecule has 19 heavy (non-hydrogen) atoms. The fourth-order valence-corrected chi connectivity index (χ4v) is 1.78. The molecule has 1 aromatic carbocycles. The Morgan fingerprint density at radius 2 is 2.16 bits per heavy atom. The Kier molecular flexibility index (Phi) is 4.37. The van der Waals surface area contributed by atoms with Gasteiger partial charge in [0.15, 0.2) is 0 Å². The van der Waals surface area contributed by atoms with Gasteiger partial charge in [-0.3, -0.25) is 4.79 Å². The van der Waals surface area contributed by atoms with E-state index < -0.39 is 0 Å².